The number of carbonyl (C=O) groups is 1. The summed E-state index contributed by atoms with van der Waals surface area (Å²) in [6.45, 7) is -1.50. The van der Waals surface area contributed by atoms with Crippen LogP contribution in [0, 0.1) is 0 Å². The topological polar surface area (TPSA) is 266 Å². The van der Waals surface area contributed by atoms with Gasteiger partial charge in [0.2, 0.25) is 0 Å². The summed E-state index contributed by atoms with van der Waals surface area (Å²) in [5, 5.41) is 98.5. The summed E-state index contributed by atoms with van der Waals surface area (Å²) in [5.74, 6) is -1.69. The first-order valence-corrected chi connectivity index (χ1v) is 10.00. The minimum absolute atomic E-state index is 0.709. The Morgan fingerprint density at radius 3 is 1.58 bits per heavy atom. The fraction of sp³-hybridized carbons (Fsp3) is 0.941. The molecule has 0 radical (unpaired) electrons. The molecule has 0 spiro atoms. The van der Waals surface area contributed by atoms with Crippen LogP contribution in [0.3, 0.4) is 0 Å². The van der Waals surface area contributed by atoms with Gasteiger partial charge < -0.3 is 74.7 Å². The van der Waals surface area contributed by atoms with Gasteiger partial charge in [0.15, 0.2) is 25.0 Å². The van der Waals surface area contributed by atoms with Crippen molar-refractivity contribution in [1.82, 2.24) is 0 Å². The zero-order valence-corrected chi connectivity index (χ0v) is 16.9. The molecular weight excluding hydrogens is 460 g/mol. The SMILES string of the molecule is O=C(O)C1O[C@@H](O)C(O[C@@H]2OC(CO)[C@@H](O)[C@@H](O)C2O)[C@H](O[C@@H]2O[C@@H](CO)C(O)[C@@H]2O)[C@@H]1O. The average molecular weight is 488 g/mol. The number of hydrogen-bond acceptors (Lipinski definition) is 15. The molecule has 3 aliphatic heterocycles. The Balaban J connectivity index is 1.83. The van der Waals surface area contributed by atoms with E-state index in [4.69, 9.17) is 23.7 Å². The van der Waals surface area contributed by atoms with Gasteiger partial charge in [-0.2, -0.15) is 0 Å². The smallest absolute Gasteiger partial charge is 0.335 e. The van der Waals surface area contributed by atoms with Crippen molar-refractivity contribution in [2.45, 2.75) is 86.0 Å². The average Bonchev–Trinajstić information content (AvgIpc) is 3.05. The standard InChI is InChI=1S/C17H28O16/c18-1-3-5(20)7(22)9(24)17(29-3)33-13-11(10(25)12(14(26)27)31-15(13)28)32-16-8(23)6(21)4(2-19)30-16/h3-13,15-25,28H,1-2H2,(H,26,27)/t3?,4-,5+,6?,7+,8-,9?,10-,11+,12?,13?,15+,16-,17-/m0/s1. The number of aliphatic carboxylic acids is 1. The lowest BCUT2D eigenvalue weighted by Gasteiger charge is -2.46. The summed E-state index contributed by atoms with van der Waals surface area (Å²) in [6.07, 6.45) is -24.9. The lowest BCUT2D eigenvalue weighted by Crippen LogP contribution is -2.65. The maximum absolute atomic E-state index is 11.4. The minimum Gasteiger partial charge on any atom is -0.479 e. The highest BCUT2D eigenvalue weighted by molar-refractivity contribution is 5.73. The molecule has 192 valence electrons. The van der Waals surface area contributed by atoms with E-state index in [0.29, 0.717) is 0 Å². The molecule has 14 atom stereocenters. The number of carboxylic acid groups (broad SMARTS) is 1. The van der Waals surface area contributed by atoms with E-state index in [0.717, 1.165) is 0 Å². The molecule has 16 heteroatoms. The van der Waals surface area contributed by atoms with Gasteiger partial charge in [-0.15, -0.1) is 0 Å². The van der Waals surface area contributed by atoms with E-state index < -0.39 is 105 Å². The second-order valence-electron chi connectivity index (χ2n) is 7.88. The van der Waals surface area contributed by atoms with Gasteiger partial charge in [0.05, 0.1) is 13.2 Å². The molecule has 3 heterocycles. The highest BCUT2D eigenvalue weighted by Crippen LogP contribution is 2.33. The van der Waals surface area contributed by atoms with Crippen LogP contribution in [0.1, 0.15) is 0 Å². The van der Waals surface area contributed by atoms with Gasteiger partial charge in [-0.3, -0.25) is 0 Å². The Hall–Kier alpha value is -1.09. The van der Waals surface area contributed by atoms with E-state index in [9.17, 15) is 55.9 Å². The molecule has 0 aromatic carbocycles. The number of carboxylic acids is 1. The summed E-state index contributed by atoms with van der Waals surface area (Å²) in [4.78, 5) is 11.4. The van der Waals surface area contributed by atoms with Gasteiger partial charge >= 0.3 is 5.97 Å². The van der Waals surface area contributed by atoms with Crippen LogP contribution in [0.15, 0.2) is 0 Å². The normalized spacial score (nSPS) is 50.9. The minimum atomic E-state index is -2.12. The molecule has 3 aliphatic rings. The van der Waals surface area contributed by atoms with E-state index in [1.54, 1.807) is 0 Å². The van der Waals surface area contributed by atoms with Gasteiger partial charge in [0.25, 0.3) is 0 Å². The van der Waals surface area contributed by atoms with Crippen molar-refractivity contribution in [1.29, 1.82) is 0 Å². The van der Waals surface area contributed by atoms with Crippen LogP contribution in [0.4, 0.5) is 0 Å². The van der Waals surface area contributed by atoms with Crippen LogP contribution in [-0.4, -0.2) is 156 Å². The van der Waals surface area contributed by atoms with E-state index in [1.165, 1.54) is 0 Å². The number of hydrogen-bond donors (Lipinski definition) is 10. The van der Waals surface area contributed by atoms with Crippen molar-refractivity contribution < 1.29 is 79.5 Å². The van der Waals surface area contributed by atoms with Crippen molar-refractivity contribution >= 4 is 5.97 Å². The Kier molecular flexibility index (Phi) is 8.57. The molecule has 3 rings (SSSR count). The lowest BCUT2D eigenvalue weighted by molar-refractivity contribution is -0.372. The molecule has 10 N–H and O–H groups in total. The Bertz CT molecular complexity index is 663. The van der Waals surface area contributed by atoms with Crippen LogP contribution in [0.5, 0.6) is 0 Å². The predicted molar refractivity (Wildman–Crippen MR) is 95.8 cm³/mol. The molecule has 0 aromatic rings. The van der Waals surface area contributed by atoms with Crippen LogP contribution >= 0.6 is 0 Å². The van der Waals surface area contributed by atoms with Crippen molar-refractivity contribution in [3.8, 4) is 0 Å². The third-order valence-corrected chi connectivity index (χ3v) is 5.71. The van der Waals surface area contributed by atoms with Gasteiger partial charge in [0, 0.05) is 0 Å². The van der Waals surface area contributed by atoms with E-state index >= 15 is 0 Å². The molecule has 0 saturated carbocycles. The Morgan fingerprint density at radius 1 is 0.636 bits per heavy atom. The van der Waals surface area contributed by atoms with E-state index in [1.807, 2.05) is 0 Å². The first-order chi connectivity index (χ1) is 15.5. The van der Waals surface area contributed by atoms with Gasteiger partial charge in [0.1, 0.15) is 61.0 Å². The summed E-state index contributed by atoms with van der Waals surface area (Å²) in [6, 6.07) is 0. The molecule has 3 saturated heterocycles. The van der Waals surface area contributed by atoms with Crippen LogP contribution in [-0.2, 0) is 28.5 Å². The summed E-state index contributed by atoms with van der Waals surface area (Å²) in [7, 11) is 0. The molecule has 33 heavy (non-hydrogen) atoms. The molecular formula is C17H28O16. The van der Waals surface area contributed by atoms with Crippen molar-refractivity contribution in [3.63, 3.8) is 0 Å². The number of rotatable bonds is 7. The molecule has 0 aromatic heterocycles. The molecule has 3 fully saturated rings. The summed E-state index contributed by atoms with van der Waals surface area (Å²) < 4.78 is 26.0. The second-order valence-corrected chi connectivity index (χ2v) is 7.88. The van der Waals surface area contributed by atoms with Crippen molar-refractivity contribution in [2.24, 2.45) is 0 Å². The summed E-state index contributed by atoms with van der Waals surface area (Å²) >= 11 is 0. The van der Waals surface area contributed by atoms with Gasteiger partial charge in [-0.25, -0.2) is 4.79 Å². The number of aliphatic hydroxyl groups excluding tert-OH is 9. The zero-order chi connectivity index (χ0) is 24.6. The first kappa shape index (κ1) is 26.5. The Morgan fingerprint density at radius 2 is 1.09 bits per heavy atom. The number of aliphatic hydroxyl groups is 9. The highest BCUT2D eigenvalue weighted by atomic mass is 16.8. The van der Waals surface area contributed by atoms with Crippen LogP contribution in [0.25, 0.3) is 0 Å². The van der Waals surface area contributed by atoms with Crippen molar-refractivity contribution in [3.05, 3.63) is 0 Å². The molecule has 0 bridgehead atoms. The van der Waals surface area contributed by atoms with Crippen LogP contribution in [0.2, 0.25) is 0 Å². The third kappa shape index (κ3) is 5.14. The van der Waals surface area contributed by atoms with Crippen LogP contribution < -0.4 is 0 Å². The Labute approximate surface area is 185 Å². The second kappa shape index (κ2) is 10.7. The largest absolute Gasteiger partial charge is 0.479 e. The molecule has 0 amide bonds. The lowest BCUT2D eigenvalue weighted by atomic mass is 9.97. The molecule has 16 nitrogen and oxygen atoms in total. The molecule has 5 unspecified atom stereocenters. The first-order valence-electron chi connectivity index (χ1n) is 10.00. The number of ether oxygens (including phenoxy) is 5. The van der Waals surface area contributed by atoms with Crippen molar-refractivity contribution in [2.75, 3.05) is 13.2 Å². The van der Waals surface area contributed by atoms with Gasteiger partial charge in [-0.1, -0.05) is 0 Å². The zero-order valence-electron chi connectivity index (χ0n) is 16.9. The highest BCUT2D eigenvalue weighted by Gasteiger charge is 2.55. The monoisotopic (exact) mass is 488 g/mol. The fourth-order valence-electron chi connectivity index (χ4n) is 3.81. The van der Waals surface area contributed by atoms with E-state index in [-0.39, 0.29) is 0 Å². The fourth-order valence-corrected chi connectivity index (χ4v) is 3.81. The van der Waals surface area contributed by atoms with Gasteiger partial charge in [-0.05, 0) is 0 Å². The maximum Gasteiger partial charge on any atom is 0.335 e. The maximum atomic E-state index is 11.4. The predicted octanol–water partition coefficient (Wildman–Crippen LogP) is -6.84. The van der Waals surface area contributed by atoms with E-state index in [2.05, 4.69) is 0 Å². The molecule has 0 aliphatic carbocycles. The summed E-state index contributed by atoms with van der Waals surface area (Å²) in [5.41, 5.74) is 0. The third-order valence-electron chi connectivity index (χ3n) is 5.71. The quantitative estimate of drug-likeness (QED) is 0.159.